The number of hydrogen-bond acceptors (Lipinski definition) is 4. The summed E-state index contributed by atoms with van der Waals surface area (Å²) < 4.78 is 5.27. The summed E-state index contributed by atoms with van der Waals surface area (Å²) in [4.78, 5) is 21.1. The van der Waals surface area contributed by atoms with Gasteiger partial charge in [0, 0.05) is 5.02 Å². The highest BCUT2D eigenvalue weighted by Crippen LogP contribution is 2.43. The highest BCUT2D eigenvalue weighted by molar-refractivity contribution is 8.18. The van der Waals surface area contributed by atoms with Crippen LogP contribution >= 0.6 is 23.4 Å². The Labute approximate surface area is 202 Å². The molecule has 0 radical (unpaired) electrons. The number of rotatable bonds is 4. The van der Waals surface area contributed by atoms with E-state index in [0.29, 0.717) is 15.1 Å². The molecule has 1 aliphatic carbocycles. The lowest BCUT2D eigenvalue weighted by Crippen LogP contribution is -2.35. The Morgan fingerprint density at radius 2 is 1.82 bits per heavy atom. The van der Waals surface area contributed by atoms with Crippen molar-refractivity contribution >= 4 is 46.2 Å². The van der Waals surface area contributed by atoms with Crippen LogP contribution in [0.25, 0.3) is 6.08 Å². The molecule has 1 atom stereocenters. The fraction of sp³-hybridized carbons (Fsp3) is 0.185. The highest BCUT2D eigenvalue weighted by atomic mass is 35.5. The lowest BCUT2D eigenvalue weighted by Gasteiger charge is -2.32. The average molecular weight is 475 g/mol. The maximum Gasteiger partial charge on any atom is 0.267 e. The number of thioether (sulfide) groups is 1. The van der Waals surface area contributed by atoms with E-state index < -0.39 is 0 Å². The molecule has 6 heteroatoms. The van der Waals surface area contributed by atoms with E-state index >= 15 is 0 Å². The molecule has 166 valence electrons. The first-order chi connectivity index (χ1) is 16.1. The molecule has 0 bridgehead atoms. The predicted molar refractivity (Wildman–Crippen MR) is 136 cm³/mol. The molecule has 1 amide bonds. The van der Waals surface area contributed by atoms with Crippen LogP contribution in [0.4, 0.5) is 5.69 Å². The number of amides is 1. The molecule has 5 rings (SSSR count). The van der Waals surface area contributed by atoms with Gasteiger partial charge in [0.25, 0.3) is 5.91 Å². The van der Waals surface area contributed by atoms with Crippen molar-refractivity contribution in [2.75, 3.05) is 7.11 Å². The first-order valence-electron chi connectivity index (χ1n) is 10.9. The minimum absolute atomic E-state index is 0.0103. The number of hydrogen-bond donors (Lipinski definition) is 0. The molecular formula is C27H23ClN2O2S. The quantitative estimate of drug-likeness (QED) is 0.381. The number of aryl methyl sites for hydroxylation is 1. The Hall–Kier alpha value is -3.02. The Kier molecular flexibility index (Phi) is 6.25. The number of aliphatic imine (C=N–C) groups is 1. The maximum atomic E-state index is 13.7. The Morgan fingerprint density at radius 3 is 2.58 bits per heavy atom. The maximum absolute atomic E-state index is 13.7. The molecule has 1 aliphatic heterocycles. The predicted octanol–water partition coefficient (Wildman–Crippen LogP) is 7.03. The Balaban J connectivity index is 1.56. The molecule has 2 aliphatic rings. The van der Waals surface area contributed by atoms with Gasteiger partial charge in [0.2, 0.25) is 0 Å². The van der Waals surface area contributed by atoms with Gasteiger partial charge in [-0.05, 0) is 90.2 Å². The smallest absolute Gasteiger partial charge is 0.267 e. The second-order valence-electron chi connectivity index (χ2n) is 8.04. The number of ether oxygens (including phenoxy) is 1. The van der Waals surface area contributed by atoms with Crippen molar-refractivity contribution in [3.8, 4) is 5.75 Å². The van der Waals surface area contributed by atoms with Crippen LogP contribution < -0.4 is 4.74 Å². The largest absolute Gasteiger partial charge is 0.497 e. The summed E-state index contributed by atoms with van der Waals surface area (Å²) in [6.45, 7) is 0. The van der Waals surface area contributed by atoms with Gasteiger partial charge in [-0.15, -0.1) is 0 Å². The molecule has 0 N–H and O–H groups in total. The first-order valence-corrected chi connectivity index (χ1v) is 12.1. The number of halogens is 1. The van der Waals surface area contributed by atoms with Crippen LogP contribution in [0, 0.1) is 0 Å². The molecule has 3 aromatic rings. The van der Waals surface area contributed by atoms with Crippen molar-refractivity contribution in [2.45, 2.75) is 25.3 Å². The fourth-order valence-corrected chi connectivity index (χ4v) is 5.48. The lowest BCUT2D eigenvalue weighted by molar-refractivity contribution is -0.124. The van der Waals surface area contributed by atoms with Crippen LogP contribution in [0.2, 0.25) is 5.02 Å². The SMILES string of the molecule is COc1ccc(N=C2S/C(=C/c3ccc(Cl)cc3)C(=O)N2[C@@H]2CCCc3ccccc32)cc1. The highest BCUT2D eigenvalue weighted by Gasteiger charge is 2.40. The topological polar surface area (TPSA) is 41.9 Å². The van der Waals surface area contributed by atoms with Gasteiger partial charge in [-0.25, -0.2) is 4.99 Å². The number of nitrogens with zero attached hydrogens (tertiary/aromatic N) is 2. The van der Waals surface area contributed by atoms with Crippen molar-refractivity contribution in [3.05, 3.63) is 99.4 Å². The van der Waals surface area contributed by atoms with Crippen molar-refractivity contribution < 1.29 is 9.53 Å². The Bertz CT molecular complexity index is 1240. The Morgan fingerprint density at radius 1 is 1.06 bits per heavy atom. The van der Waals surface area contributed by atoms with Crippen LogP contribution in [0.15, 0.2) is 82.7 Å². The monoisotopic (exact) mass is 474 g/mol. The molecule has 0 spiro atoms. The molecular weight excluding hydrogens is 452 g/mol. The van der Waals surface area contributed by atoms with E-state index in [1.54, 1.807) is 7.11 Å². The number of amidine groups is 1. The third-order valence-corrected chi connectivity index (χ3v) is 7.19. The van der Waals surface area contributed by atoms with Crippen molar-refractivity contribution in [1.29, 1.82) is 0 Å². The molecule has 1 heterocycles. The third-order valence-electron chi connectivity index (χ3n) is 5.95. The van der Waals surface area contributed by atoms with E-state index in [-0.39, 0.29) is 11.9 Å². The minimum atomic E-state index is -0.0249. The van der Waals surface area contributed by atoms with Crippen molar-refractivity contribution in [1.82, 2.24) is 4.90 Å². The summed E-state index contributed by atoms with van der Waals surface area (Å²) in [5, 5.41) is 1.37. The van der Waals surface area contributed by atoms with Gasteiger partial charge in [0.1, 0.15) is 5.75 Å². The number of benzene rings is 3. The van der Waals surface area contributed by atoms with Gasteiger partial charge in [0.15, 0.2) is 5.17 Å². The van der Waals surface area contributed by atoms with E-state index in [9.17, 15) is 4.79 Å². The zero-order valence-corrected chi connectivity index (χ0v) is 19.8. The van der Waals surface area contributed by atoms with Crippen molar-refractivity contribution in [2.24, 2.45) is 4.99 Å². The van der Waals surface area contributed by atoms with Gasteiger partial charge in [-0.1, -0.05) is 48.0 Å². The van der Waals surface area contributed by atoms with Crippen LogP contribution in [-0.2, 0) is 11.2 Å². The lowest BCUT2D eigenvalue weighted by atomic mass is 9.87. The summed E-state index contributed by atoms with van der Waals surface area (Å²) in [6, 6.07) is 23.5. The van der Waals surface area contributed by atoms with E-state index in [4.69, 9.17) is 21.3 Å². The van der Waals surface area contributed by atoms with Gasteiger partial charge in [-0.3, -0.25) is 9.69 Å². The summed E-state index contributed by atoms with van der Waals surface area (Å²) in [7, 11) is 1.64. The molecule has 0 unspecified atom stereocenters. The average Bonchev–Trinajstić information content (AvgIpc) is 3.14. The third kappa shape index (κ3) is 4.56. The molecule has 3 aromatic carbocycles. The standard InChI is InChI=1S/C27H23ClN2O2S/c1-32-22-15-13-21(14-16-22)29-27-30(24-8-4-6-19-5-2-3-7-23(19)24)26(31)25(33-27)17-18-9-11-20(28)12-10-18/h2-3,5,7,9-17,24H,4,6,8H2,1H3/b25-17+,29-27?/t24-/m1/s1. The van der Waals surface area contributed by atoms with Crippen LogP contribution in [0.3, 0.4) is 0 Å². The van der Waals surface area contributed by atoms with Gasteiger partial charge in [-0.2, -0.15) is 0 Å². The van der Waals surface area contributed by atoms with Crippen LogP contribution in [0.1, 0.15) is 35.6 Å². The molecule has 1 saturated heterocycles. The number of carbonyl (C=O) groups excluding carboxylic acids is 1. The second kappa shape index (κ2) is 9.46. The molecule has 0 aromatic heterocycles. The minimum Gasteiger partial charge on any atom is -0.497 e. The normalized spacial score (nSPS) is 20.4. The van der Waals surface area contributed by atoms with Crippen LogP contribution in [0.5, 0.6) is 5.75 Å². The zero-order valence-electron chi connectivity index (χ0n) is 18.2. The molecule has 1 fully saturated rings. The fourth-order valence-electron chi connectivity index (χ4n) is 4.31. The van der Waals surface area contributed by atoms with E-state index in [1.165, 1.54) is 22.9 Å². The summed E-state index contributed by atoms with van der Waals surface area (Å²) in [5.74, 6) is 0.763. The molecule has 0 saturated carbocycles. The molecule has 33 heavy (non-hydrogen) atoms. The molecule has 4 nitrogen and oxygen atoms in total. The van der Waals surface area contributed by atoms with E-state index in [2.05, 4.69) is 24.3 Å². The van der Waals surface area contributed by atoms with E-state index in [1.807, 2.05) is 59.5 Å². The van der Waals surface area contributed by atoms with Gasteiger partial charge >= 0.3 is 0 Å². The first kappa shape index (κ1) is 21.8. The summed E-state index contributed by atoms with van der Waals surface area (Å²) >= 11 is 7.46. The van der Waals surface area contributed by atoms with E-state index in [0.717, 1.165) is 36.3 Å². The van der Waals surface area contributed by atoms with Gasteiger partial charge < -0.3 is 4.74 Å². The van der Waals surface area contributed by atoms with Crippen LogP contribution in [-0.4, -0.2) is 23.1 Å². The zero-order chi connectivity index (χ0) is 22.8. The summed E-state index contributed by atoms with van der Waals surface area (Å²) in [5.41, 5.74) is 4.25. The summed E-state index contributed by atoms with van der Waals surface area (Å²) in [6.07, 6.45) is 4.92. The van der Waals surface area contributed by atoms with Gasteiger partial charge in [0.05, 0.1) is 23.7 Å². The van der Waals surface area contributed by atoms with Crippen molar-refractivity contribution in [3.63, 3.8) is 0 Å². The number of carbonyl (C=O) groups is 1. The number of fused-ring (bicyclic) bond motifs is 1. The second-order valence-corrected chi connectivity index (χ2v) is 9.48. The number of methoxy groups -OCH3 is 1.